The van der Waals surface area contributed by atoms with Crippen LogP contribution in [-0.4, -0.2) is 115 Å². The lowest BCUT2D eigenvalue weighted by molar-refractivity contribution is -0.244. The van der Waals surface area contributed by atoms with Crippen LogP contribution in [0.15, 0.2) is 30.4 Å². The summed E-state index contributed by atoms with van der Waals surface area (Å²) in [6.45, 7) is 2.16. The quantitative estimate of drug-likeness (QED) is 0.222. The van der Waals surface area contributed by atoms with E-state index in [0.29, 0.717) is 39.5 Å². The highest BCUT2D eigenvalue weighted by atomic mass is 32.2. The Bertz CT molecular complexity index is 2200. The van der Waals surface area contributed by atoms with E-state index < -0.39 is 117 Å². The molecule has 7 atom stereocenters. The Hall–Kier alpha value is -4.93. The number of rotatable bonds is 10. The lowest BCUT2D eigenvalue weighted by Gasteiger charge is -2.35. The van der Waals surface area contributed by atoms with E-state index in [1.54, 1.807) is 12.2 Å². The third kappa shape index (κ3) is 10.1. The summed E-state index contributed by atoms with van der Waals surface area (Å²) in [5, 5.41) is 4.07. The van der Waals surface area contributed by atoms with Crippen LogP contribution in [0.3, 0.4) is 0 Å². The molecule has 4 aliphatic rings. The summed E-state index contributed by atoms with van der Waals surface area (Å²) in [5.41, 5.74) is -6.58. The number of nitrogens with one attached hydrogen (secondary N) is 3. The molecule has 0 bridgehead atoms. The fourth-order valence-electron chi connectivity index (χ4n) is 7.71. The maximum atomic E-state index is 14.9. The molecule has 2 aliphatic carbocycles. The van der Waals surface area contributed by atoms with Gasteiger partial charge in [-0.25, -0.2) is 23.2 Å². The molecule has 1 saturated heterocycles. The number of hydrogen-bond donors (Lipinski definition) is 3. The summed E-state index contributed by atoms with van der Waals surface area (Å²) in [5.74, 6) is -5.77. The van der Waals surface area contributed by atoms with Gasteiger partial charge < -0.3 is 34.5 Å². The van der Waals surface area contributed by atoms with Crippen LogP contribution in [0, 0.1) is 17.8 Å². The van der Waals surface area contributed by atoms with Crippen LogP contribution in [0.4, 0.5) is 31.1 Å². The van der Waals surface area contributed by atoms with Crippen molar-refractivity contribution in [2.75, 3.05) is 27.4 Å². The number of hydrogen-bond acceptors (Lipinski definition) is 12. The smallest absolute Gasteiger partial charge is 0.438 e. The lowest BCUT2D eigenvalue weighted by Crippen LogP contribution is -2.60. The Labute approximate surface area is 352 Å². The molecule has 3 fully saturated rings. The number of alkyl carbamates (subject to hydrolysis) is 1. The Morgan fingerprint density at radius 2 is 1.73 bits per heavy atom. The highest BCUT2D eigenvalue weighted by molar-refractivity contribution is 7.91. The summed E-state index contributed by atoms with van der Waals surface area (Å²) in [7, 11) is -1.48. The van der Waals surface area contributed by atoms with Gasteiger partial charge in [0.1, 0.15) is 29.5 Å². The van der Waals surface area contributed by atoms with E-state index in [0.717, 1.165) is 4.90 Å². The van der Waals surface area contributed by atoms with Crippen molar-refractivity contribution < 1.29 is 72.9 Å². The van der Waals surface area contributed by atoms with Gasteiger partial charge in [0, 0.05) is 31.4 Å². The zero-order chi connectivity index (χ0) is 45.6. The first-order chi connectivity index (χ1) is 28.9. The van der Waals surface area contributed by atoms with Crippen molar-refractivity contribution in [3.05, 3.63) is 36.0 Å². The van der Waals surface area contributed by atoms with Gasteiger partial charge in [-0.3, -0.25) is 19.1 Å². The number of sulfonamides is 1. The highest BCUT2D eigenvalue weighted by Gasteiger charge is 2.62. The van der Waals surface area contributed by atoms with E-state index >= 15 is 0 Å². The Kier molecular flexibility index (Phi) is 13.0. The molecule has 1 aromatic heterocycles. The molecule has 1 aromatic carbocycles. The van der Waals surface area contributed by atoms with E-state index in [-0.39, 0.29) is 42.1 Å². The summed E-state index contributed by atoms with van der Waals surface area (Å²) in [6.07, 6.45) is -8.67. The van der Waals surface area contributed by atoms with Crippen molar-refractivity contribution in [3.8, 4) is 11.6 Å². The Morgan fingerprint density at radius 3 is 2.35 bits per heavy atom. The minimum absolute atomic E-state index is 0.0383. The first-order valence-corrected chi connectivity index (χ1v) is 21.4. The zero-order valence-corrected chi connectivity index (χ0v) is 35.2. The molecule has 2 saturated carbocycles. The maximum absolute atomic E-state index is 14.9. The molecule has 2 aromatic rings. The molecule has 4 amide bonds. The Balaban J connectivity index is 1.41. The van der Waals surface area contributed by atoms with Gasteiger partial charge in [-0.2, -0.15) is 26.3 Å². The largest absolute Gasteiger partial charge is 0.497 e. The fraction of sp³-hybridized carbons (Fsp3) is 0.641. The number of fused-ring (bicyclic) bond motifs is 3. The number of amides is 4. The number of allylic oxidation sites excluding steroid dienone is 1. The molecule has 0 radical (unpaired) electrons. The monoisotopic (exact) mass is 906 g/mol. The molecule has 342 valence electrons. The van der Waals surface area contributed by atoms with Crippen molar-refractivity contribution in [1.29, 1.82) is 0 Å². The van der Waals surface area contributed by atoms with Crippen molar-refractivity contribution in [2.45, 2.75) is 113 Å². The van der Waals surface area contributed by atoms with Gasteiger partial charge in [0.05, 0.1) is 36.5 Å². The van der Waals surface area contributed by atoms with Crippen LogP contribution in [0.1, 0.15) is 71.4 Å². The number of alkyl halides is 6. The van der Waals surface area contributed by atoms with Crippen molar-refractivity contribution in [1.82, 2.24) is 30.2 Å². The third-order valence-corrected chi connectivity index (χ3v) is 13.3. The number of methoxy groups -OCH3 is 2. The highest BCUT2D eigenvalue weighted by Crippen LogP contribution is 2.46. The second-order valence-corrected chi connectivity index (χ2v) is 18.7. The van der Waals surface area contributed by atoms with Crippen LogP contribution < -0.4 is 24.8 Å². The van der Waals surface area contributed by atoms with Crippen LogP contribution in [0.25, 0.3) is 11.0 Å². The second-order valence-electron chi connectivity index (χ2n) is 16.7. The summed E-state index contributed by atoms with van der Waals surface area (Å²) >= 11 is 0. The molecule has 6 rings (SSSR count). The number of nitrogens with zero attached hydrogens (tertiary/aromatic N) is 3. The zero-order valence-electron chi connectivity index (χ0n) is 34.4. The number of halogens is 6. The van der Waals surface area contributed by atoms with Crippen LogP contribution in [0.2, 0.25) is 0 Å². The number of carbonyl (C=O) groups excluding carboxylic acids is 4. The normalized spacial score (nSPS) is 28.1. The van der Waals surface area contributed by atoms with E-state index in [1.165, 1.54) is 32.4 Å². The summed E-state index contributed by atoms with van der Waals surface area (Å²) in [4.78, 5) is 65.1. The van der Waals surface area contributed by atoms with Gasteiger partial charge in [0.15, 0.2) is 0 Å². The van der Waals surface area contributed by atoms with Gasteiger partial charge in [0.25, 0.3) is 5.91 Å². The number of benzene rings is 1. The molecule has 23 heteroatoms. The summed E-state index contributed by atoms with van der Waals surface area (Å²) in [6, 6.07) is 0.537. The number of aromatic nitrogens is 2. The third-order valence-electron chi connectivity index (χ3n) is 11.5. The average Bonchev–Trinajstić information content (AvgIpc) is 4.10. The number of ether oxygens (including phenoxy) is 4. The first-order valence-electron chi connectivity index (χ1n) is 19.9. The summed E-state index contributed by atoms with van der Waals surface area (Å²) < 4.78 is 134. The topological polar surface area (TPSA) is 204 Å². The molecule has 3 heterocycles. The standard InChI is InChI=1S/C39H48F6N6O10S/c1-20-8-6-7-9-22-17-37(22,34(54)50-62(56,57)25-11-12-25)49-31(52)28-16-24(60-32-30(38(40,41)42)46-26-13-10-23(59-5)15-27(26)47-32)18-51(28)33(53)29(21(14-20)19-58-4)48-35(55)61-36(2,3)39(43,44)45/h7,9-10,13,15,20-22,24-25,28-29H,6,8,11-12,14,16-19H2,1-5H3,(H,48,55)(H,49,52)(H,50,54)/b9-7-/t20-,21+,22?,24-,28+,29+,37-/m1/s1. The van der Waals surface area contributed by atoms with E-state index in [2.05, 4.69) is 25.3 Å². The fourth-order valence-corrected chi connectivity index (χ4v) is 9.07. The van der Waals surface area contributed by atoms with Crippen molar-refractivity contribution in [2.24, 2.45) is 17.8 Å². The van der Waals surface area contributed by atoms with Crippen molar-refractivity contribution >= 4 is 44.9 Å². The molecule has 62 heavy (non-hydrogen) atoms. The lowest BCUT2D eigenvalue weighted by atomic mass is 9.87. The van der Waals surface area contributed by atoms with Crippen molar-refractivity contribution in [3.63, 3.8) is 0 Å². The first kappa shape index (κ1) is 46.6. The predicted octanol–water partition coefficient (Wildman–Crippen LogP) is 4.56. The van der Waals surface area contributed by atoms with Gasteiger partial charge in [-0.1, -0.05) is 19.1 Å². The van der Waals surface area contributed by atoms with E-state index in [9.17, 15) is 53.9 Å². The minimum Gasteiger partial charge on any atom is -0.497 e. The van der Waals surface area contributed by atoms with Gasteiger partial charge in [-0.05, 0) is 70.4 Å². The second kappa shape index (κ2) is 17.3. The predicted molar refractivity (Wildman–Crippen MR) is 206 cm³/mol. The molecule has 3 N–H and O–H groups in total. The van der Waals surface area contributed by atoms with E-state index in [4.69, 9.17) is 18.9 Å². The van der Waals surface area contributed by atoms with Gasteiger partial charge in [-0.15, -0.1) is 0 Å². The molecular weight excluding hydrogens is 859 g/mol. The Morgan fingerprint density at radius 1 is 1.02 bits per heavy atom. The van der Waals surface area contributed by atoms with Crippen LogP contribution in [0.5, 0.6) is 11.6 Å². The minimum atomic E-state index is -5.11. The van der Waals surface area contributed by atoms with E-state index in [1.807, 2.05) is 6.92 Å². The molecule has 2 aliphatic heterocycles. The molecule has 1 unspecified atom stereocenters. The molecule has 16 nitrogen and oxygen atoms in total. The van der Waals surface area contributed by atoms with Gasteiger partial charge >= 0.3 is 18.4 Å². The molecule has 0 spiro atoms. The molecular formula is C39H48F6N6O10S. The average molecular weight is 907 g/mol. The SMILES string of the molecule is COC[C@@H]1C[C@H](C)CC/C=C\C2C[C@@]2(C(=O)NS(=O)(=O)C2CC2)NC(=O)[C@@H]2C[C@@H](Oc3nc4cc(OC)ccc4nc3C(F)(F)F)CN2C(=O)[C@H]1NC(=O)OC(C)(C)C(F)(F)F. The maximum Gasteiger partial charge on any atom is 0.438 e. The number of carbonyl (C=O) groups is 4. The van der Waals surface area contributed by atoms with Crippen LogP contribution >= 0.6 is 0 Å². The van der Waals surface area contributed by atoms with Crippen LogP contribution in [-0.2, 0) is 40.1 Å². The van der Waals surface area contributed by atoms with Gasteiger partial charge in [0.2, 0.25) is 39.0 Å².